The van der Waals surface area contributed by atoms with Crippen molar-refractivity contribution in [2.24, 2.45) is 0 Å². The predicted octanol–water partition coefficient (Wildman–Crippen LogP) is 1.79. The van der Waals surface area contributed by atoms with E-state index in [9.17, 15) is 14.7 Å². The molecule has 0 spiro atoms. The van der Waals surface area contributed by atoms with Crippen LogP contribution in [0.15, 0.2) is 24.3 Å². The van der Waals surface area contributed by atoms with Crippen molar-refractivity contribution in [2.75, 3.05) is 19.6 Å². The number of carbonyl (C=O) groups is 2. The number of rotatable bonds is 5. The number of aryl methyl sites for hydroxylation is 1. The molecule has 22 heavy (non-hydrogen) atoms. The fourth-order valence-corrected chi connectivity index (χ4v) is 2.95. The Labute approximate surface area is 131 Å². The summed E-state index contributed by atoms with van der Waals surface area (Å²) in [4.78, 5) is 28.3. The Morgan fingerprint density at radius 2 is 2.09 bits per heavy atom. The second-order valence-electron chi connectivity index (χ2n) is 5.60. The van der Waals surface area contributed by atoms with Crippen LogP contribution in [0.4, 0.5) is 0 Å². The SMILES string of the molecule is CCC1C(=O)N(CC)CCN1C(=O)CCc1cccc(O)c1. The van der Waals surface area contributed by atoms with Crippen molar-refractivity contribution in [1.29, 1.82) is 0 Å². The summed E-state index contributed by atoms with van der Waals surface area (Å²) in [5.74, 6) is 0.282. The molecule has 1 atom stereocenters. The summed E-state index contributed by atoms with van der Waals surface area (Å²) in [5.41, 5.74) is 0.930. The van der Waals surface area contributed by atoms with Gasteiger partial charge >= 0.3 is 0 Å². The Hall–Kier alpha value is -2.04. The van der Waals surface area contributed by atoms with E-state index in [0.717, 1.165) is 5.56 Å². The highest BCUT2D eigenvalue weighted by atomic mass is 16.3. The van der Waals surface area contributed by atoms with Crippen molar-refractivity contribution in [3.05, 3.63) is 29.8 Å². The number of phenolic OH excluding ortho intramolecular Hbond substituents is 1. The standard InChI is InChI=1S/C17H24N2O3/c1-3-15-17(22)18(4-2)10-11-19(15)16(21)9-8-13-6-5-7-14(20)12-13/h5-7,12,15,20H,3-4,8-11H2,1-2H3. The number of benzene rings is 1. The van der Waals surface area contributed by atoms with Crippen LogP contribution >= 0.6 is 0 Å². The molecule has 1 N–H and O–H groups in total. The molecule has 0 saturated carbocycles. The zero-order valence-electron chi connectivity index (χ0n) is 13.3. The normalized spacial score (nSPS) is 18.6. The van der Waals surface area contributed by atoms with Gasteiger partial charge in [-0.3, -0.25) is 9.59 Å². The number of hydrogen-bond acceptors (Lipinski definition) is 3. The number of aromatic hydroxyl groups is 1. The highest BCUT2D eigenvalue weighted by molar-refractivity contribution is 5.88. The summed E-state index contributed by atoms with van der Waals surface area (Å²) >= 11 is 0. The topological polar surface area (TPSA) is 60.9 Å². The van der Waals surface area contributed by atoms with E-state index in [1.165, 1.54) is 0 Å². The summed E-state index contributed by atoms with van der Waals surface area (Å²) in [5, 5.41) is 9.45. The van der Waals surface area contributed by atoms with Crippen LogP contribution in [-0.4, -0.2) is 52.4 Å². The van der Waals surface area contributed by atoms with Crippen LogP contribution < -0.4 is 0 Å². The highest BCUT2D eigenvalue weighted by Crippen LogP contribution is 2.18. The van der Waals surface area contributed by atoms with Crippen molar-refractivity contribution in [2.45, 2.75) is 39.2 Å². The first kappa shape index (κ1) is 16.3. The van der Waals surface area contributed by atoms with Gasteiger partial charge in [-0.15, -0.1) is 0 Å². The molecule has 0 radical (unpaired) electrons. The lowest BCUT2D eigenvalue weighted by molar-refractivity contribution is -0.151. The van der Waals surface area contributed by atoms with Crippen LogP contribution in [0.25, 0.3) is 0 Å². The van der Waals surface area contributed by atoms with Crippen molar-refractivity contribution >= 4 is 11.8 Å². The minimum absolute atomic E-state index is 0.0132. The molecule has 1 heterocycles. The number of phenols is 1. The third-order valence-corrected chi connectivity index (χ3v) is 4.21. The monoisotopic (exact) mass is 304 g/mol. The summed E-state index contributed by atoms with van der Waals surface area (Å²) < 4.78 is 0. The van der Waals surface area contributed by atoms with Crippen molar-refractivity contribution in [3.8, 4) is 5.75 Å². The van der Waals surface area contributed by atoms with Crippen LogP contribution in [0, 0.1) is 0 Å². The molecule has 1 aliphatic rings. The number of carbonyl (C=O) groups excluding carboxylic acids is 2. The minimum Gasteiger partial charge on any atom is -0.508 e. The molecule has 120 valence electrons. The first-order chi connectivity index (χ1) is 10.6. The van der Waals surface area contributed by atoms with Gasteiger partial charge in [0.2, 0.25) is 11.8 Å². The Balaban J connectivity index is 1.98. The van der Waals surface area contributed by atoms with Gasteiger partial charge in [-0.2, -0.15) is 0 Å². The van der Waals surface area contributed by atoms with E-state index >= 15 is 0 Å². The maximum absolute atomic E-state index is 12.5. The first-order valence-electron chi connectivity index (χ1n) is 7.93. The third kappa shape index (κ3) is 3.59. The number of likely N-dealkylation sites (N-methyl/N-ethyl adjacent to an activating group) is 1. The molecular formula is C17H24N2O3. The lowest BCUT2D eigenvalue weighted by Gasteiger charge is -2.40. The highest BCUT2D eigenvalue weighted by Gasteiger charge is 2.35. The third-order valence-electron chi connectivity index (χ3n) is 4.21. The minimum atomic E-state index is -0.328. The molecule has 2 amide bonds. The van der Waals surface area contributed by atoms with Gasteiger partial charge in [-0.25, -0.2) is 0 Å². The fourth-order valence-electron chi connectivity index (χ4n) is 2.95. The largest absolute Gasteiger partial charge is 0.508 e. The van der Waals surface area contributed by atoms with Gasteiger partial charge in [0.1, 0.15) is 11.8 Å². The lowest BCUT2D eigenvalue weighted by Crippen LogP contribution is -2.58. The molecule has 5 nitrogen and oxygen atoms in total. The van der Waals surface area contributed by atoms with Gasteiger partial charge in [-0.05, 0) is 37.5 Å². The summed E-state index contributed by atoms with van der Waals surface area (Å²) in [7, 11) is 0. The molecule has 1 unspecified atom stereocenters. The molecule has 1 aliphatic heterocycles. The average molecular weight is 304 g/mol. The smallest absolute Gasteiger partial charge is 0.245 e. The summed E-state index contributed by atoms with van der Waals surface area (Å²) in [6.07, 6.45) is 1.58. The molecule has 2 rings (SSSR count). The quantitative estimate of drug-likeness (QED) is 0.902. The molecule has 0 aromatic heterocycles. The van der Waals surface area contributed by atoms with E-state index in [4.69, 9.17) is 0 Å². The summed E-state index contributed by atoms with van der Waals surface area (Å²) in [6, 6.07) is 6.62. The van der Waals surface area contributed by atoms with Crippen molar-refractivity contribution in [1.82, 2.24) is 9.80 Å². The Bertz CT molecular complexity index is 544. The number of piperazine rings is 1. The van der Waals surface area contributed by atoms with Crippen LogP contribution in [0.1, 0.15) is 32.3 Å². The molecule has 0 bridgehead atoms. The molecule has 1 aromatic carbocycles. The van der Waals surface area contributed by atoms with E-state index in [1.807, 2.05) is 24.8 Å². The number of amides is 2. The molecule has 0 aliphatic carbocycles. The van der Waals surface area contributed by atoms with Crippen LogP contribution in [-0.2, 0) is 16.0 Å². The van der Waals surface area contributed by atoms with Crippen LogP contribution in [0.2, 0.25) is 0 Å². The van der Waals surface area contributed by atoms with Gasteiger partial charge in [0.05, 0.1) is 0 Å². The van der Waals surface area contributed by atoms with E-state index < -0.39 is 0 Å². The van der Waals surface area contributed by atoms with Gasteiger partial charge < -0.3 is 14.9 Å². The Morgan fingerprint density at radius 1 is 1.32 bits per heavy atom. The molecule has 1 fully saturated rings. The van der Waals surface area contributed by atoms with Crippen LogP contribution in [0.3, 0.4) is 0 Å². The van der Waals surface area contributed by atoms with E-state index in [0.29, 0.717) is 38.9 Å². The first-order valence-corrected chi connectivity index (χ1v) is 7.93. The lowest BCUT2D eigenvalue weighted by atomic mass is 10.1. The molecule has 1 saturated heterocycles. The second kappa shape index (κ2) is 7.29. The maximum Gasteiger partial charge on any atom is 0.245 e. The van der Waals surface area contributed by atoms with Crippen molar-refractivity contribution < 1.29 is 14.7 Å². The van der Waals surface area contributed by atoms with E-state index in [-0.39, 0.29) is 23.6 Å². The number of hydrogen-bond donors (Lipinski definition) is 1. The van der Waals surface area contributed by atoms with Crippen molar-refractivity contribution in [3.63, 3.8) is 0 Å². The fraction of sp³-hybridized carbons (Fsp3) is 0.529. The Morgan fingerprint density at radius 3 is 2.73 bits per heavy atom. The van der Waals surface area contributed by atoms with Gasteiger partial charge in [0.15, 0.2) is 0 Å². The van der Waals surface area contributed by atoms with E-state index in [1.54, 1.807) is 23.1 Å². The predicted molar refractivity (Wildman–Crippen MR) is 84.5 cm³/mol. The molecular weight excluding hydrogens is 280 g/mol. The molecule has 5 heteroatoms. The molecule has 1 aromatic rings. The Kier molecular flexibility index (Phi) is 5.41. The van der Waals surface area contributed by atoms with Gasteiger partial charge in [0.25, 0.3) is 0 Å². The summed E-state index contributed by atoms with van der Waals surface area (Å²) in [6.45, 7) is 5.82. The zero-order chi connectivity index (χ0) is 16.1. The second-order valence-corrected chi connectivity index (χ2v) is 5.60. The van der Waals surface area contributed by atoms with E-state index in [2.05, 4.69) is 0 Å². The van der Waals surface area contributed by atoms with Gasteiger partial charge in [0, 0.05) is 26.1 Å². The zero-order valence-corrected chi connectivity index (χ0v) is 13.3. The maximum atomic E-state index is 12.5. The van der Waals surface area contributed by atoms with Crippen LogP contribution in [0.5, 0.6) is 5.75 Å². The average Bonchev–Trinajstić information content (AvgIpc) is 2.52. The number of nitrogens with zero attached hydrogens (tertiary/aromatic N) is 2. The van der Waals surface area contributed by atoms with Gasteiger partial charge in [-0.1, -0.05) is 19.1 Å².